The van der Waals surface area contributed by atoms with E-state index >= 15 is 0 Å². The van der Waals surface area contributed by atoms with Crippen LogP contribution in [0.25, 0.3) is 0 Å². The number of carbonyl (C=O) groups excluding carboxylic acids is 1. The van der Waals surface area contributed by atoms with E-state index in [9.17, 15) is 9.18 Å². The Hall–Kier alpha value is -2.97. The summed E-state index contributed by atoms with van der Waals surface area (Å²) in [5.41, 5.74) is 4.13. The van der Waals surface area contributed by atoms with Crippen molar-refractivity contribution in [3.8, 4) is 11.5 Å². The van der Waals surface area contributed by atoms with Gasteiger partial charge in [0.2, 0.25) is 0 Å². The Kier molecular flexibility index (Phi) is 7.34. The van der Waals surface area contributed by atoms with Gasteiger partial charge in [0.05, 0.1) is 18.3 Å². The first kappa shape index (κ1) is 22.2. The van der Waals surface area contributed by atoms with Gasteiger partial charge in [-0.2, -0.15) is 0 Å². The lowest BCUT2D eigenvalue weighted by atomic mass is 10.0. The molecule has 0 unspecified atom stereocenters. The van der Waals surface area contributed by atoms with Crippen LogP contribution in [0.5, 0.6) is 11.5 Å². The van der Waals surface area contributed by atoms with Gasteiger partial charge in [0.15, 0.2) is 11.6 Å². The Morgan fingerprint density at radius 2 is 2.09 bits per heavy atom. The third kappa shape index (κ3) is 5.83. The molecule has 1 aromatic heterocycles. The third-order valence-corrected chi connectivity index (χ3v) is 6.15. The van der Waals surface area contributed by atoms with Crippen molar-refractivity contribution in [2.45, 2.75) is 32.0 Å². The molecule has 6 nitrogen and oxygen atoms in total. The second kappa shape index (κ2) is 10.6. The number of rotatable bonds is 8. The minimum absolute atomic E-state index is 0.0974. The molecular weight excluding hydrogens is 429 g/mol. The largest absolute Gasteiger partial charge is 0.494 e. The molecule has 32 heavy (non-hydrogen) atoms. The van der Waals surface area contributed by atoms with Crippen LogP contribution in [0.15, 0.2) is 53.4 Å². The number of benzene rings is 2. The maximum atomic E-state index is 13.9. The molecule has 1 amide bonds. The summed E-state index contributed by atoms with van der Waals surface area (Å²) in [6, 6.07) is 12.4. The summed E-state index contributed by atoms with van der Waals surface area (Å²) in [5.74, 6) is 0.463. The molecule has 0 aliphatic carbocycles. The Balaban J connectivity index is 1.25. The van der Waals surface area contributed by atoms with Crippen LogP contribution in [0.2, 0.25) is 0 Å². The molecule has 4 rings (SSSR count). The second-order valence-electron chi connectivity index (χ2n) is 7.79. The number of ether oxygens (including phenoxy) is 2. The fourth-order valence-electron chi connectivity index (χ4n) is 3.76. The van der Waals surface area contributed by atoms with Gasteiger partial charge in [0.1, 0.15) is 12.4 Å². The summed E-state index contributed by atoms with van der Waals surface area (Å²) >= 11 is 1.52. The lowest BCUT2D eigenvalue weighted by Gasteiger charge is -2.32. The summed E-state index contributed by atoms with van der Waals surface area (Å²) in [6.07, 6.45) is 1.70. The van der Waals surface area contributed by atoms with E-state index in [-0.39, 0.29) is 23.5 Å². The normalized spacial score (nSPS) is 14.8. The molecule has 1 aliphatic rings. The molecule has 8 heteroatoms. The zero-order chi connectivity index (χ0) is 22.3. The minimum Gasteiger partial charge on any atom is -0.494 e. The van der Waals surface area contributed by atoms with E-state index in [0.29, 0.717) is 24.5 Å². The number of carbonyl (C=O) groups is 1. The van der Waals surface area contributed by atoms with E-state index < -0.39 is 0 Å². The smallest absolute Gasteiger partial charge is 0.251 e. The van der Waals surface area contributed by atoms with Crippen LogP contribution >= 0.6 is 11.3 Å². The highest BCUT2D eigenvalue weighted by Gasteiger charge is 2.21. The predicted octanol–water partition coefficient (Wildman–Crippen LogP) is 4.26. The molecule has 1 aliphatic heterocycles. The molecule has 2 aromatic carbocycles. The molecule has 3 aromatic rings. The van der Waals surface area contributed by atoms with Crippen LogP contribution < -0.4 is 14.8 Å². The van der Waals surface area contributed by atoms with Crippen LogP contribution in [0.1, 0.15) is 34.5 Å². The predicted molar refractivity (Wildman–Crippen MR) is 122 cm³/mol. The van der Waals surface area contributed by atoms with Crippen molar-refractivity contribution in [3.63, 3.8) is 0 Å². The van der Waals surface area contributed by atoms with E-state index in [0.717, 1.165) is 37.2 Å². The Morgan fingerprint density at radius 3 is 2.81 bits per heavy atom. The van der Waals surface area contributed by atoms with Gasteiger partial charge in [-0.15, -0.1) is 11.3 Å². The van der Waals surface area contributed by atoms with E-state index in [2.05, 4.69) is 15.2 Å². The summed E-state index contributed by atoms with van der Waals surface area (Å²) < 4.78 is 24.6. The average molecular weight is 456 g/mol. The molecule has 1 fully saturated rings. The van der Waals surface area contributed by atoms with E-state index in [1.807, 2.05) is 23.6 Å². The van der Waals surface area contributed by atoms with E-state index in [1.54, 1.807) is 23.7 Å². The summed E-state index contributed by atoms with van der Waals surface area (Å²) in [5, 5.41) is 5.07. The number of likely N-dealkylation sites (tertiary alicyclic amines) is 1. The van der Waals surface area contributed by atoms with Crippen LogP contribution in [-0.4, -0.2) is 42.0 Å². The van der Waals surface area contributed by atoms with Crippen LogP contribution in [-0.2, 0) is 13.2 Å². The topological polar surface area (TPSA) is 63.7 Å². The first-order valence-electron chi connectivity index (χ1n) is 10.6. The molecule has 0 atom stereocenters. The first-order chi connectivity index (χ1) is 15.6. The SMILES string of the molecule is COc1ccc(CN2CCC(NC(=O)c3cccc(OCc4cscn4)c3)CC2)cc1F. The summed E-state index contributed by atoms with van der Waals surface area (Å²) in [7, 11) is 1.46. The molecule has 168 valence electrons. The van der Waals surface area contributed by atoms with Gasteiger partial charge in [0, 0.05) is 36.6 Å². The van der Waals surface area contributed by atoms with Crippen molar-refractivity contribution in [1.82, 2.24) is 15.2 Å². The number of amides is 1. The average Bonchev–Trinajstić information content (AvgIpc) is 3.33. The number of hydrogen-bond donors (Lipinski definition) is 1. The van der Waals surface area contributed by atoms with Gasteiger partial charge in [-0.25, -0.2) is 9.37 Å². The van der Waals surface area contributed by atoms with Gasteiger partial charge in [0.25, 0.3) is 5.91 Å². The molecular formula is C24H26FN3O3S. The van der Waals surface area contributed by atoms with Crippen LogP contribution in [0.4, 0.5) is 4.39 Å². The number of hydrogen-bond acceptors (Lipinski definition) is 6. The van der Waals surface area contributed by atoms with Gasteiger partial charge in [-0.05, 0) is 48.7 Å². The number of piperidine rings is 1. The molecule has 0 bridgehead atoms. The number of aromatic nitrogens is 1. The standard InChI is InChI=1S/C24H26FN3O3S/c1-30-23-6-5-17(11-22(23)25)13-28-9-7-19(8-10-28)27-24(29)18-3-2-4-21(12-18)31-14-20-15-32-16-26-20/h2-6,11-12,15-16,19H,7-10,13-14H2,1H3,(H,27,29). The zero-order valence-corrected chi connectivity index (χ0v) is 18.7. The molecule has 1 N–H and O–H groups in total. The summed E-state index contributed by atoms with van der Waals surface area (Å²) in [4.78, 5) is 19.2. The van der Waals surface area contributed by atoms with Crippen molar-refractivity contribution in [3.05, 3.63) is 76.0 Å². The van der Waals surface area contributed by atoms with Crippen molar-refractivity contribution < 1.29 is 18.7 Å². The third-order valence-electron chi connectivity index (χ3n) is 5.51. The second-order valence-corrected chi connectivity index (χ2v) is 8.51. The maximum Gasteiger partial charge on any atom is 0.251 e. The number of halogens is 1. The molecule has 0 spiro atoms. The van der Waals surface area contributed by atoms with E-state index in [4.69, 9.17) is 9.47 Å². The van der Waals surface area contributed by atoms with Gasteiger partial charge < -0.3 is 14.8 Å². The van der Waals surface area contributed by atoms with Gasteiger partial charge >= 0.3 is 0 Å². The number of thiazole rings is 1. The highest BCUT2D eigenvalue weighted by atomic mass is 32.1. The van der Waals surface area contributed by atoms with Crippen LogP contribution in [0.3, 0.4) is 0 Å². The fraction of sp³-hybridized carbons (Fsp3) is 0.333. The first-order valence-corrected chi connectivity index (χ1v) is 11.5. The fourth-order valence-corrected chi connectivity index (χ4v) is 4.31. The van der Waals surface area contributed by atoms with Crippen molar-refractivity contribution in [1.29, 1.82) is 0 Å². The zero-order valence-electron chi connectivity index (χ0n) is 17.9. The molecule has 2 heterocycles. The van der Waals surface area contributed by atoms with Crippen molar-refractivity contribution >= 4 is 17.2 Å². The van der Waals surface area contributed by atoms with Crippen molar-refractivity contribution in [2.24, 2.45) is 0 Å². The Bertz CT molecular complexity index is 1040. The van der Waals surface area contributed by atoms with Gasteiger partial charge in [-0.3, -0.25) is 9.69 Å². The number of nitrogens with zero attached hydrogens (tertiary/aromatic N) is 2. The number of nitrogens with one attached hydrogen (secondary N) is 1. The van der Waals surface area contributed by atoms with Crippen molar-refractivity contribution in [2.75, 3.05) is 20.2 Å². The highest BCUT2D eigenvalue weighted by molar-refractivity contribution is 7.07. The van der Waals surface area contributed by atoms with Crippen LogP contribution in [0, 0.1) is 5.82 Å². The molecule has 0 radical (unpaired) electrons. The monoisotopic (exact) mass is 455 g/mol. The highest BCUT2D eigenvalue weighted by Crippen LogP contribution is 2.21. The lowest BCUT2D eigenvalue weighted by molar-refractivity contribution is 0.0908. The summed E-state index contributed by atoms with van der Waals surface area (Å²) in [6.45, 7) is 2.75. The van der Waals surface area contributed by atoms with E-state index in [1.165, 1.54) is 24.5 Å². The minimum atomic E-state index is -0.343. The quantitative estimate of drug-likeness (QED) is 0.550. The Morgan fingerprint density at radius 1 is 1.25 bits per heavy atom. The maximum absolute atomic E-state index is 13.9. The molecule has 1 saturated heterocycles. The lowest BCUT2D eigenvalue weighted by Crippen LogP contribution is -2.44. The number of methoxy groups -OCH3 is 1. The Labute approximate surface area is 191 Å². The van der Waals surface area contributed by atoms with Gasteiger partial charge in [-0.1, -0.05) is 12.1 Å². The molecule has 0 saturated carbocycles.